The molecule has 0 aliphatic carbocycles. The molecule has 50 valence electrons. The summed E-state index contributed by atoms with van der Waals surface area (Å²) in [4.78, 5) is 19.3. The Kier molecular flexibility index (Phi) is 8.38. The first kappa shape index (κ1) is 11.9. The normalized spacial score (nSPS) is 7.56. The van der Waals surface area contributed by atoms with Gasteiger partial charge in [-0.1, -0.05) is 0 Å². The summed E-state index contributed by atoms with van der Waals surface area (Å²) < 4.78 is 0. The van der Waals surface area contributed by atoms with Crippen molar-refractivity contribution in [3.05, 3.63) is 0 Å². The predicted molar refractivity (Wildman–Crippen MR) is 32.5 cm³/mol. The average Bonchev–Trinajstić information content (AvgIpc) is 1.61. The molecule has 0 spiro atoms. The second-order valence-corrected chi connectivity index (χ2v) is 1.29. The van der Waals surface area contributed by atoms with E-state index in [9.17, 15) is 9.59 Å². The van der Waals surface area contributed by atoms with E-state index >= 15 is 0 Å². The number of carboxylic acids is 2. The summed E-state index contributed by atoms with van der Waals surface area (Å²) in [7, 11) is 0. The maximum absolute atomic E-state index is 9.64. The van der Waals surface area contributed by atoms with Gasteiger partial charge in [0.25, 0.3) is 0 Å². The fourth-order valence-electron chi connectivity index (χ4n) is 0.214. The van der Waals surface area contributed by atoms with E-state index in [0.29, 0.717) is 0 Å². The van der Waals surface area contributed by atoms with Crippen LogP contribution in [0.2, 0.25) is 0 Å². The first-order chi connectivity index (χ1) is 3.63. The first-order valence-electron chi connectivity index (χ1n) is 2.06. The van der Waals surface area contributed by atoms with Crippen LogP contribution >= 0.6 is 0 Å². The zero-order chi connectivity index (χ0) is 6.57. The van der Waals surface area contributed by atoms with E-state index in [0.717, 1.165) is 0 Å². The number of carbonyl (C=O) groups is 2. The zero-order valence-electron chi connectivity index (χ0n) is 6.83. The van der Waals surface area contributed by atoms with Crippen LogP contribution in [0.5, 0.6) is 0 Å². The Bertz CT molecular complexity index is 105. The van der Waals surface area contributed by atoms with Crippen LogP contribution in [0.15, 0.2) is 0 Å². The Hall–Kier alpha value is 0.200. The van der Waals surface area contributed by atoms with Gasteiger partial charge in [0.15, 0.2) is 0 Å². The van der Waals surface area contributed by atoms with E-state index in [1.807, 2.05) is 0 Å². The molecule has 0 aromatic carbocycles. The number of carboxylic acid groups (broad SMARTS) is 2. The molecule has 0 aliphatic heterocycles. The summed E-state index contributed by atoms with van der Waals surface area (Å²) in [5.74, 6) is -2.15. The van der Waals surface area contributed by atoms with Gasteiger partial charge in [0.05, 0.1) is 12.8 Å². The molecular weight excluding hydrogens is 152 g/mol. The van der Waals surface area contributed by atoms with Gasteiger partial charge in [0.1, 0.15) is 0 Å². The molecule has 0 fully saturated rings. The SMILES string of the molecule is O=C(O)CCC(=O)O.[Ca+2].[H-].[H-]. The van der Waals surface area contributed by atoms with Crippen molar-refractivity contribution in [3.8, 4) is 0 Å². The molecule has 0 atom stereocenters. The molecule has 0 saturated carbocycles. The third-order valence-electron chi connectivity index (χ3n) is 0.553. The topological polar surface area (TPSA) is 74.6 Å². The van der Waals surface area contributed by atoms with E-state index in [-0.39, 0.29) is 53.4 Å². The first-order valence-corrected chi connectivity index (χ1v) is 2.06. The van der Waals surface area contributed by atoms with Crippen molar-refractivity contribution in [3.63, 3.8) is 0 Å². The Morgan fingerprint density at radius 3 is 1.44 bits per heavy atom. The monoisotopic (exact) mass is 160 g/mol. The van der Waals surface area contributed by atoms with Gasteiger partial charge in [0.2, 0.25) is 0 Å². The van der Waals surface area contributed by atoms with Gasteiger partial charge in [-0.15, -0.1) is 0 Å². The third-order valence-corrected chi connectivity index (χ3v) is 0.553. The Morgan fingerprint density at radius 2 is 1.33 bits per heavy atom. The molecule has 4 nitrogen and oxygen atoms in total. The maximum atomic E-state index is 9.64. The Morgan fingerprint density at radius 1 is 1.11 bits per heavy atom. The smallest absolute Gasteiger partial charge is 1.00 e. The van der Waals surface area contributed by atoms with Crippen molar-refractivity contribution in [2.24, 2.45) is 0 Å². The van der Waals surface area contributed by atoms with Crippen LogP contribution < -0.4 is 0 Å². The Labute approximate surface area is 84.8 Å². The van der Waals surface area contributed by atoms with Crippen LogP contribution in [0.3, 0.4) is 0 Å². The molecule has 0 saturated heterocycles. The van der Waals surface area contributed by atoms with Crippen molar-refractivity contribution in [1.29, 1.82) is 0 Å². The summed E-state index contributed by atoms with van der Waals surface area (Å²) >= 11 is 0. The number of aliphatic carboxylic acids is 2. The number of rotatable bonds is 3. The van der Waals surface area contributed by atoms with Crippen LogP contribution in [0.4, 0.5) is 0 Å². The van der Waals surface area contributed by atoms with Crippen LogP contribution in [0.25, 0.3) is 0 Å². The fraction of sp³-hybridized carbons (Fsp3) is 0.500. The van der Waals surface area contributed by atoms with Crippen LogP contribution in [0.1, 0.15) is 15.7 Å². The minimum Gasteiger partial charge on any atom is -1.00 e. The molecule has 0 amide bonds. The van der Waals surface area contributed by atoms with E-state index in [1.54, 1.807) is 0 Å². The molecule has 9 heavy (non-hydrogen) atoms. The average molecular weight is 160 g/mol. The predicted octanol–water partition coefficient (Wildman–Crippen LogP) is -0.220. The molecule has 2 N–H and O–H groups in total. The van der Waals surface area contributed by atoms with Crippen LogP contribution in [-0.2, 0) is 9.59 Å². The fourth-order valence-corrected chi connectivity index (χ4v) is 0.214. The van der Waals surface area contributed by atoms with E-state index < -0.39 is 11.9 Å². The summed E-state index contributed by atoms with van der Waals surface area (Å²) in [6.07, 6.45) is -0.593. The minimum absolute atomic E-state index is 0. The molecule has 0 heterocycles. The summed E-state index contributed by atoms with van der Waals surface area (Å²) in [6.45, 7) is 0. The van der Waals surface area contributed by atoms with Gasteiger partial charge < -0.3 is 13.1 Å². The molecule has 0 rings (SSSR count). The standard InChI is InChI=1S/C4H6O4.Ca.2H/c5-3(6)1-2-4(7)8;;;/h1-2H2,(H,5,6)(H,7,8);;;/q;+2;2*-1. The Balaban J connectivity index is -0.0000000817. The molecule has 0 bridgehead atoms. The summed E-state index contributed by atoms with van der Waals surface area (Å²) in [5, 5.41) is 15.8. The number of hydrogen-bond acceptors (Lipinski definition) is 2. The van der Waals surface area contributed by atoms with Crippen LogP contribution in [0, 0.1) is 0 Å². The van der Waals surface area contributed by atoms with E-state index in [4.69, 9.17) is 10.2 Å². The second kappa shape index (κ2) is 6.32. The second-order valence-electron chi connectivity index (χ2n) is 1.29. The van der Waals surface area contributed by atoms with Gasteiger partial charge in [0, 0.05) is 0 Å². The maximum Gasteiger partial charge on any atom is 2.00 e. The summed E-state index contributed by atoms with van der Waals surface area (Å²) in [5.41, 5.74) is 0. The molecule has 0 aliphatic rings. The summed E-state index contributed by atoms with van der Waals surface area (Å²) in [6, 6.07) is 0. The minimum atomic E-state index is -1.08. The van der Waals surface area contributed by atoms with Crippen molar-refractivity contribution in [1.82, 2.24) is 0 Å². The molecule has 0 unspecified atom stereocenters. The molecule has 0 aromatic rings. The molecule has 5 heteroatoms. The van der Waals surface area contributed by atoms with Gasteiger partial charge >= 0.3 is 49.7 Å². The zero-order valence-corrected chi connectivity index (χ0v) is 7.04. The van der Waals surface area contributed by atoms with Crippen molar-refractivity contribution in [2.75, 3.05) is 0 Å². The largest absolute Gasteiger partial charge is 2.00 e. The van der Waals surface area contributed by atoms with Crippen molar-refractivity contribution in [2.45, 2.75) is 12.8 Å². The van der Waals surface area contributed by atoms with Gasteiger partial charge in [-0.05, 0) is 0 Å². The van der Waals surface area contributed by atoms with Crippen LogP contribution in [-0.4, -0.2) is 59.9 Å². The van der Waals surface area contributed by atoms with Gasteiger partial charge in [-0.25, -0.2) is 0 Å². The van der Waals surface area contributed by atoms with Crippen molar-refractivity contribution >= 4 is 49.7 Å². The molecular formula is C4H8CaO4. The number of hydrogen-bond donors (Lipinski definition) is 2. The van der Waals surface area contributed by atoms with Gasteiger partial charge in [-0.3, -0.25) is 9.59 Å². The van der Waals surface area contributed by atoms with E-state index in [1.165, 1.54) is 0 Å². The third kappa shape index (κ3) is 11.7. The van der Waals surface area contributed by atoms with E-state index in [2.05, 4.69) is 0 Å². The van der Waals surface area contributed by atoms with Gasteiger partial charge in [-0.2, -0.15) is 0 Å². The quantitative estimate of drug-likeness (QED) is 0.560. The van der Waals surface area contributed by atoms with Crippen molar-refractivity contribution < 1.29 is 22.7 Å². The molecule has 0 aromatic heterocycles. The molecule has 0 radical (unpaired) electrons.